The first-order valence-electron chi connectivity index (χ1n) is 16.7. The summed E-state index contributed by atoms with van der Waals surface area (Å²) in [6, 6.07) is 0. The minimum Gasteiger partial charge on any atom is -0.465 e. The number of rotatable bonds is 29. The standard InChI is InChI=1S/C34H63NO7/c1-6-10-12-14-16-18-20-26-38-33(39-27-21-19-17-15-13-11-7-2)24-23-32(36)41-29-31(5)30-42-34(37)40-28-22-25-35(8-3)9-4/h10-13,31,33H,6-9,14-30H2,1-5H3/b12-10-,13-11-. The highest BCUT2D eigenvalue weighted by Gasteiger charge is 2.15. The monoisotopic (exact) mass is 597 g/mol. The molecule has 42 heavy (non-hydrogen) atoms. The van der Waals surface area contributed by atoms with Gasteiger partial charge in [0.1, 0.15) is 6.61 Å². The van der Waals surface area contributed by atoms with E-state index in [0.29, 0.717) is 26.2 Å². The minimum absolute atomic E-state index is 0.125. The number of carbonyl (C=O) groups excluding carboxylic acids is 2. The van der Waals surface area contributed by atoms with Gasteiger partial charge in [-0.3, -0.25) is 4.79 Å². The van der Waals surface area contributed by atoms with Gasteiger partial charge in [0.25, 0.3) is 0 Å². The van der Waals surface area contributed by atoms with Crippen LogP contribution in [0.4, 0.5) is 4.79 Å². The zero-order valence-corrected chi connectivity index (χ0v) is 27.6. The number of nitrogens with zero attached hydrogens (tertiary/aromatic N) is 1. The second kappa shape index (κ2) is 30.6. The molecule has 0 radical (unpaired) electrons. The first kappa shape index (κ1) is 40.1. The average Bonchev–Trinajstić information content (AvgIpc) is 2.99. The smallest absolute Gasteiger partial charge is 0.465 e. The van der Waals surface area contributed by atoms with Gasteiger partial charge in [-0.15, -0.1) is 0 Å². The number of unbranched alkanes of at least 4 members (excludes halogenated alkanes) is 6. The normalized spacial score (nSPS) is 12.5. The molecule has 1 atom stereocenters. The zero-order valence-electron chi connectivity index (χ0n) is 27.6. The topological polar surface area (TPSA) is 83.5 Å². The van der Waals surface area contributed by atoms with Gasteiger partial charge in [-0.25, -0.2) is 4.79 Å². The Morgan fingerprint density at radius 3 is 1.79 bits per heavy atom. The first-order valence-corrected chi connectivity index (χ1v) is 16.7. The Kier molecular flexibility index (Phi) is 29.2. The molecule has 1 unspecified atom stereocenters. The van der Waals surface area contributed by atoms with Crippen molar-refractivity contribution in [3.05, 3.63) is 24.3 Å². The third kappa shape index (κ3) is 27.0. The van der Waals surface area contributed by atoms with Gasteiger partial charge in [-0.05, 0) is 70.9 Å². The SMILES string of the molecule is CC/C=C\CCCCCOC(CCC(=O)OCC(C)COC(=O)OCCCN(CC)CC)OCCCCC/C=C\CC. The molecule has 0 aromatic heterocycles. The molecule has 0 fully saturated rings. The van der Waals surface area contributed by atoms with Crippen molar-refractivity contribution in [2.75, 3.05) is 52.7 Å². The van der Waals surface area contributed by atoms with Crippen LogP contribution in [0.2, 0.25) is 0 Å². The summed E-state index contributed by atoms with van der Waals surface area (Å²) < 4.78 is 27.7. The molecular weight excluding hydrogens is 534 g/mol. The van der Waals surface area contributed by atoms with Gasteiger partial charge < -0.3 is 28.6 Å². The van der Waals surface area contributed by atoms with Crippen molar-refractivity contribution in [1.29, 1.82) is 0 Å². The molecule has 0 aliphatic carbocycles. The van der Waals surface area contributed by atoms with Crippen LogP contribution >= 0.6 is 0 Å². The maximum absolute atomic E-state index is 12.4. The fourth-order valence-electron chi connectivity index (χ4n) is 4.12. The number of esters is 1. The predicted octanol–water partition coefficient (Wildman–Crippen LogP) is 8.24. The lowest BCUT2D eigenvalue weighted by molar-refractivity contribution is -0.160. The van der Waals surface area contributed by atoms with Gasteiger partial charge in [0, 0.05) is 32.1 Å². The van der Waals surface area contributed by atoms with Crippen molar-refractivity contribution in [2.45, 2.75) is 124 Å². The van der Waals surface area contributed by atoms with E-state index in [1.807, 2.05) is 6.92 Å². The van der Waals surface area contributed by atoms with Crippen molar-refractivity contribution in [3.63, 3.8) is 0 Å². The summed E-state index contributed by atoms with van der Waals surface area (Å²) in [5, 5.41) is 0. The van der Waals surface area contributed by atoms with E-state index >= 15 is 0 Å². The molecule has 0 heterocycles. The molecule has 0 aliphatic rings. The third-order valence-corrected chi connectivity index (χ3v) is 6.77. The maximum Gasteiger partial charge on any atom is 0.508 e. The van der Waals surface area contributed by atoms with Crippen LogP contribution < -0.4 is 0 Å². The van der Waals surface area contributed by atoms with E-state index < -0.39 is 12.4 Å². The summed E-state index contributed by atoms with van der Waals surface area (Å²) in [6.45, 7) is 15.1. The molecule has 246 valence electrons. The maximum atomic E-state index is 12.4. The Labute approximate surface area is 257 Å². The lowest BCUT2D eigenvalue weighted by Gasteiger charge is -2.19. The number of carbonyl (C=O) groups is 2. The Balaban J connectivity index is 4.25. The minimum atomic E-state index is -0.681. The molecule has 0 spiro atoms. The van der Waals surface area contributed by atoms with Gasteiger partial charge in [0.05, 0.1) is 19.6 Å². The average molecular weight is 598 g/mol. The van der Waals surface area contributed by atoms with Crippen molar-refractivity contribution in [1.82, 2.24) is 4.90 Å². The third-order valence-electron chi connectivity index (χ3n) is 6.77. The fourth-order valence-corrected chi connectivity index (χ4v) is 4.12. The second-order valence-corrected chi connectivity index (χ2v) is 10.7. The number of allylic oxidation sites excluding steroid dienone is 4. The van der Waals surface area contributed by atoms with Crippen molar-refractivity contribution in [2.24, 2.45) is 5.92 Å². The Hall–Kier alpha value is -1.90. The van der Waals surface area contributed by atoms with Gasteiger partial charge in [0.2, 0.25) is 0 Å². The highest BCUT2D eigenvalue weighted by molar-refractivity contribution is 5.69. The fraction of sp³-hybridized carbons (Fsp3) is 0.824. The number of hydrogen-bond donors (Lipinski definition) is 0. The van der Waals surface area contributed by atoms with Gasteiger partial charge in [-0.2, -0.15) is 0 Å². The van der Waals surface area contributed by atoms with Gasteiger partial charge >= 0.3 is 12.1 Å². The molecule has 0 bridgehead atoms. The van der Waals surface area contributed by atoms with Crippen molar-refractivity contribution in [3.8, 4) is 0 Å². The summed E-state index contributed by atoms with van der Waals surface area (Å²) in [4.78, 5) is 26.5. The van der Waals surface area contributed by atoms with Gasteiger partial charge in [-0.1, -0.05) is 71.8 Å². The first-order chi connectivity index (χ1) is 20.5. The van der Waals surface area contributed by atoms with E-state index in [1.165, 1.54) is 0 Å². The summed E-state index contributed by atoms with van der Waals surface area (Å²) >= 11 is 0. The molecule has 0 saturated heterocycles. The van der Waals surface area contributed by atoms with E-state index in [0.717, 1.165) is 90.3 Å². The molecule has 0 aromatic carbocycles. The highest BCUT2D eigenvalue weighted by Crippen LogP contribution is 2.11. The molecular formula is C34H63NO7. The van der Waals surface area contributed by atoms with Crippen LogP contribution in [0, 0.1) is 5.92 Å². The van der Waals surface area contributed by atoms with E-state index in [1.54, 1.807) is 0 Å². The number of hydrogen-bond acceptors (Lipinski definition) is 8. The van der Waals surface area contributed by atoms with E-state index in [4.69, 9.17) is 23.7 Å². The molecule has 0 N–H and O–H groups in total. The summed E-state index contributed by atoms with van der Waals surface area (Å²) in [5.74, 6) is -0.428. The highest BCUT2D eigenvalue weighted by atomic mass is 16.7. The zero-order chi connectivity index (χ0) is 31.1. The van der Waals surface area contributed by atoms with Crippen LogP contribution in [0.1, 0.15) is 118 Å². The Morgan fingerprint density at radius 2 is 1.24 bits per heavy atom. The molecule has 8 heteroatoms. The lowest BCUT2D eigenvalue weighted by Crippen LogP contribution is -2.25. The molecule has 0 aromatic rings. The van der Waals surface area contributed by atoms with Crippen LogP contribution in [0.25, 0.3) is 0 Å². The molecule has 0 saturated carbocycles. The van der Waals surface area contributed by atoms with Crippen LogP contribution in [0.5, 0.6) is 0 Å². The quantitative estimate of drug-likeness (QED) is 0.0369. The van der Waals surface area contributed by atoms with E-state index in [2.05, 4.69) is 56.9 Å². The van der Waals surface area contributed by atoms with Crippen LogP contribution in [0.15, 0.2) is 24.3 Å². The predicted molar refractivity (Wildman–Crippen MR) is 171 cm³/mol. The Bertz CT molecular complexity index is 653. The largest absolute Gasteiger partial charge is 0.508 e. The molecule has 0 rings (SSSR count). The van der Waals surface area contributed by atoms with E-state index in [9.17, 15) is 9.59 Å². The van der Waals surface area contributed by atoms with Crippen molar-refractivity contribution >= 4 is 12.1 Å². The van der Waals surface area contributed by atoms with Crippen LogP contribution in [-0.2, 0) is 28.5 Å². The van der Waals surface area contributed by atoms with Crippen LogP contribution in [-0.4, -0.2) is 76.0 Å². The summed E-state index contributed by atoms with van der Waals surface area (Å²) in [7, 11) is 0. The van der Waals surface area contributed by atoms with Gasteiger partial charge in [0.15, 0.2) is 6.29 Å². The molecule has 0 aliphatic heterocycles. The lowest BCUT2D eigenvalue weighted by atomic mass is 10.2. The summed E-state index contributed by atoms with van der Waals surface area (Å²) in [5.41, 5.74) is 0. The molecule has 0 amide bonds. The number of ether oxygens (including phenoxy) is 5. The Morgan fingerprint density at radius 1 is 0.667 bits per heavy atom. The van der Waals surface area contributed by atoms with Crippen LogP contribution in [0.3, 0.4) is 0 Å². The van der Waals surface area contributed by atoms with E-state index in [-0.39, 0.29) is 31.5 Å². The van der Waals surface area contributed by atoms with Crippen molar-refractivity contribution < 1.29 is 33.3 Å². The molecule has 8 nitrogen and oxygen atoms in total. The second-order valence-electron chi connectivity index (χ2n) is 10.7. The summed E-state index contributed by atoms with van der Waals surface area (Å²) in [6.07, 6.45) is 20.1.